The highest BCUT2D eigenvalue weighted by Gasteiger charge is 2.09. The molecule has 0 N–H and O–H groups in total. The van der Waals surface area contributed by atoms with Gasteiger partial charge in [-0.2, -0.15) is 0 Å². The summed E-state index contributed by atoms with van der Waals surface area (Å²) in [5.41, 5.74) is 1.98. The quantitative estimate of drug-likeness (QED) is 0.612. The molecule has 0 heterocycles. The van der Waals surface area contributed by atoms with Gasteiger partial charge in [-0.15, -0.1) is 0 Å². The van der Waals surface area contributed by atoms with Crippen LogP contribution >= 0.6 is 15.9 Å². The number of rotatable bonds is 3. The van der Waals surface area contributed by atoms with E-state index in [-0.39, 0.29) is 5.91 Å². The third-order valence-corrected chi connectivity index (χ3v) is 2.89. The maximum atomic E-state index is 11.8. The lowest BCUT2D eigenvalue weighted by Gasteiger charge is -2.17. The van der Waals surface area contributed by atoms with E-state index in [0.717, 1.165) is 15.7 Å². The molecule has 0 fully saturated rings. The largest absolute Gasteiger partial charge is 0.312 e. The molecule has 0 aromatic heterocycles. The van der Waals surface area contributed by atoms with E-state index in [2.05, 4.69) is 15.9 Å². The van der Waals surface area contributed by atoms with Crippen molar-refractivity contribution in [2.45, 2.75) is 13.8 Å². The van der Waals surface area contributed by atoms with E-state index in [0.29, 0.717) is 0 Å². The Morgan fingerprint density at radius 3 is 2.65 bits per heavy atom. The SMILES string of the molecule is C/C=C/C=C/C(=O)N(C)c1ccc(Br)cc1C. The fourth-order valence-electron chi connectivity index (χ4n) is 1.47. The van der Waals surface area contributed by atoms with Gasteiger partial charge < -0.3 is 4.90 Å². The zero-order valence-electron chi connectivity index (χ0n) is 10.3. The summed E-state index contributed by atoms with van der Waals surface area (Å²) >= 11 is 3.41. The Hall–Kier alpha value is -1.35. The highest BCUT2D eigenvalue weighted by Crippen LogP contribution is 2.23. The van der Waals surface area contributed by atoms with Crippen molar-refractivity contribution in [2.24, 2.45) is 0 Å². The van der Waals surface area contributed by atoms with E-state index in [1.807, 2.05) is 44.2 Å². The van der Waals surface area contributed by atoms with Crippen molar-refractivity contribution in [3.8, 4) is 0 Å². The van der Waals surface area contributed by atoms with Gasteiger partial charge in [0.15, 0.2) is 0 Å². The van der Waals surface area contributed by atoms with E-state index in [4.69, 9.17) is 0 Å². The summed E-state index contributed by atoms with van der Waals surface area (Å²) in [6.45, 7) is 3.90. The molecule has 90 valence electrons. The molecule has 1 aromatic carbocycles. The lowest BCUT2D eigenvalue weighted by molar-refractivity contribution is -0.113. The minimum absolute atomic E-state index is 0.0338. The van der Waals surface area contributed by atoms with Crippen LogP contribution in [-0.2, 0) is 4.79 Å². The number of anilines is 1. The van der Waals surface area contributed by atoms with Gasteiger partial charge in [0.2, 0.25) is 0 Å². The molecule has 1 aromatic rings. The van der Waals surface area contributed by atoms with Gasteiger partial charge in [-0.1, -0.05) is 34.2 Å². The number of nitrogens with zero attached hydrogens (tertiary/aromatic N) is 1. The van der Waals surface area contributed by atoms with Crippen molar-refractivity contribution in [1.29, 1.82) is 0 Å². The molecule has 17 heavy (non-hydrogen) atoms. The minimum Gasteiger partial charge on any atom is -0.312 e. The van der Waals surface area contributed by atoms with Crippen LogP contribution in [0, 0.1) is 6.92 Å². The Bertz CT molecular complexity index is 463. The molecule has 2 nitrogen and oxygen atoms in total. The monoisotopic (exact) mass is 293 g/mol. The van der Waals surface area contributed by atoms with Crippen molar-refractivity contribution in [2.75, 3.05) is 11.9 Å². The number of hydrogen-bond acceptors (Lipinski definition) is 1. The van der Waals surface area contributed by atoms with Crippen LogP contribution in [-0.4, -0.2) is 13.0 Å². The van der Waals surface area contributed by atoms with Gasteiger partial charge in [-0.05, 0) is 37.6 Å². The Balaban J connectivity index is 2.88. The molecule has 0 saturated heterocycles. The molecule has 0 spiro atoms. The molecule has 0 aliphatic carbocycles. The Morgan fingerprint density at radius 1 is 1.35 bits per heavy atom. The van der Waals surface area contributed by atoms with Gasteiger partial charge in [0, 0.05) is 23.3 Å². The van der Waals surface area contributed by atoms with Gasteiger partial charge in [0.25, 0.3) is 5.91 Å². The third-order valence-electron chi connectivity index (χ3n) is 2.39. The molecule has 0 unspecified atom stereocenters. The Morgan fingerprint density at radius 2 is 2.06 bits per heavy atom. The zero-order valence-corrected chi connectivity index (χ0v) is 11.9. The molecule has 0 aliphatic rings. The zero-order chi connectivity index (χ0) is 12.8. The average Bonchev–Trinajstić information content (AvgIpc) is 2.28. The van der Waals surface area contributed by atoms with Gasteiger partial charge in [0.05, 0.1) is 0 Å². The maximum absolute atomic E-state index is 11.8. The molecule has 3 heteroatoms. The molecule has 0 atom stereocenters. The lowest BCUT2D eigenvalue weighted by Crippen LogP contribution is -2.24. The van der Waals surface area contributed by atoms with Crippen LogP contribution in [0.2, 0.25) is 0 Å². The highest BCUT2D eigenvalue weighted by atomic mass is 79.9. The van der Waals surface area contributed by atoms with E-state index in [1.54, 1.807) is 24.1 Å². The normalized spacial score (nSPS) is 11.3. The second kappa shape index (κ2) is 6.40. The molecule has 0 bridgehead atoms. The molecule has 1 rings (SSSR count). The number of hydrogen-bond donors (Lipinski definition) is 0. The number of benzene rings is 1. The van der Waals surface area contributed by atoms with Crippen LogP contribution in [0.15, 0.2) is 47.0 Å². The summed E-state index contributed by atoms with van der Waals surface area (Å²) < 4.78 is 1.02. The van der Waals surface area contributed by atoms with E-state index in [9.17, 15) is 4.79 Å². The Kier molecular flexibility index (Phi) is 5.16. The highest BCUT2D eigenvalue weighted by molar-refractivity contribution is 9.10. The number of allylic oxidation sites excluding steroid dienone is 3. The van der Waals surface area contributed by atoms with Crippen molar-refractivity contribution in [1.82, 2.24) is 0 Å². The molecular weight excluding hydrogens is 278 g/mol. The average molecular weight is 294 g/mol. The first-order valence-electron chi connectivity index (χ1n) is 5.39. The third kappa shape index (κ3) is 3.86. The van der Waals surface area contributed by atoms with Crippen LogP contribution in [0.3, 0.4) is 0 Å². The predicted molar refractivity (Wildman–Crippen MR) is 76.2 cm³/mol. The predicted octanol–water partition coefficient (Wildman–Crippen LogP) is 3.85. The first-order valence-corrected chi connectivity index (χ1v) is 6.18. The molecule has 0 aliphatic heterocycles. The first kappa shape index (κ1) is 13.7. The summed E-state index contributed by atoms with van der Waals surface area (Å²) in [5.74, 6) is -0.0338. The molecular formula is C14H16BrNO. The van der Waals surface area contributed by atoms with Crippen molar-refractivity contribution >= 4 is 27.5 Å². The number of carbonyl (C=O) groups excluding carboxylic acids is 1. The van der Waals surface area contributed by atoms with E-state index < -0.39 is 0 Å². The van der Waals surface area contributed by atoms with Crippen molar-refractivity contribution in [3.05, 3.63) is 52.5 Å². The van der Waals surface area contributed by atoms with Crippen LogP contribution < -0.4 is 4.90 Å². The number of carbonyl (C=O) groups is 1. The van der Waals surface area contributed by atoms with Crippen LogP contribution in [0.25, 0.3) is 0 Å². The molecule has 1 amide bonds. The second-order valence-corrected chi connectivity index (χ2v) is 4.63. The van der Waals surface area contributed by atoms with Gasteiger partial charge in [-0.3, -0.25) is 4.79 Å². The van der Waals surface area contributed by atoms with Crippen LogP contribution in [0.5, 0.6) is 0 Å². The van der Waals surface area contributed by atoms with Gasteiger partial charge in [-0.25, -0.2) is 0 Å². The van der Waals surface area contributed by atoms with Crippen molar-refractivity contribution in [3.63, 3.8) is 0 Å². The standard InChI is InChI=1S/C14H16BrNO/c1-4-5-6-7-14(17)16(3)13-9-8-12(15)10-11(13)2/h4-10H,1-3H3/b5-4+,7-6+. The summed E-state index contributed by atoms with van der Waals surface area (Å²) in [7, 11) is 1.78. The van der Waals surface area contributed by atoms with Crippen LogP contribution in [0.4, 0.5) is 5.69 Å². The van der Waals surface area contributed by atoms with Crippen LogP contribution in [0.1, 0.15) is 12.5 Å². The molecule has 0 saturated carbocycles. The smallest absolute Gasteiger partial charge is 0.250 e. The number of halogens is 1. The van der Waals surface area contributed by atoms with Crippen molar-refractivity contribution < 1.29 is 4.79 Å². The summed E-state index contributed by atoms with van der Waals surface area (Å²) in [6, 6.07) is 5.86. The summed E-state index contributed by atoms with van der Waals surface area (Å²) in [6.07, 6.45) is 7.02. The summed E-state index contributed by atoms with van der Waals surface area (Å²) in [4.78, 5) is 13.5. The number of likely N-dealkylation sites (N-methyl/N-ethyl adjacent to an activating group) is 1. The lowest BCUT2D eigenvalue weighted by atomic mass is 10.2. The van der Waals surface area contributed by atoms with E-state index in [1.165, 1.54) is 0 Å². The maximum Gasteiger partial charge on any atom is 0.250 e. The first-order chi connectivity index (χ1) is 8.06. The topological polar surface area (TPSA) is 20.3 Å². The molecule has 0 radical (unpaired) electrons. The Labute approximate surface area is 111 Å². The number of amides is 1. The van der Waals surface area contributed by atoms with E-state index >= 15 is 0 Å². The van der Waals surface area contributed by atoms with Gasteiger partial charge in [0.1, 0.15) is 0 Å². The van der Waals surface area contributed by atoms with Gasteiger partial charge >= 0.3 is 0 Å². The minimum atomic E-state index is -0.0338. The second-order valence-electron chi connectivity index (χ2n) is 3.71. The fourth-order valence-corrected chi connectivity index (χ4v) is 1.95. The summed E-state index contributed by atoms with van der Waals surface area (Å²) in [5, 5.41) is 0. The fraction of sp³-hybridized carbons (Fsp3) is 0.214. The number of aryl methyl sites for hydroxylation is 1.